The maximum Gasteiger partial charge on any atom is 0.159 e. The Hall–Kier alpha value is -1.88. The van der Waals surface area contributed by atoms with Crippen LogP contribution in [0.1, 0.15) is 0 Å². The molecule has 1 N–H and O–H groups in total. The molecule has 2 aromatic carbocycles. The molecule has 0 atom stereocenters. The van der Waals surface area contributed by atoms with Crippen LogP contribution in [0.3, 0.4) is 0 Å². The Balaban J connectivity index is 1.95. The summed E-state index contributed by atoms with van der Waals surface area (Å²) in [6.07, 6.45) is 0. The Bertz CT molecular complexity index is 877. The van der Waals surface area contributed by atoms with E-state index in [9.17, 15) is 0 Å². The van der Waals surface area contributed by atoms with E-state index in [-0.39, 0.29) is 0 Å². The molecule has 1 aliphatic rings. The first-order valence-corrected chi connectivity index (χ1v) is 8.66. The second-order valence-electron chi connectivity index (χ2n) is 5.79. The van der Waals surface area contributed by atoms with Crippen molar-refractivity contribution in [2.75, 3.05) is 31.1 Å². The summed E-state index contributed by atoms with van der Waals surface area (Å²) in [5.74, 6) is 0.866. The summed E-state index contributed by atoms with van der Waals surface area (Å²) >= 11 is 12.6. The largest absolute Gasteiger partial charge is 0.352 e. The van der Waals surface area contributed by atoms with Crippen molar-refractivity contribution in [2.45, 2.75) is 0 Å². The summed E-state index contributed by atoms with van der Waals surface area (Å²) in [6.45, 7) is 3.67. The van der Waals surface area contributed by atoms with Crippen molar-refractivity contribution in [3.63, 3.8) is 0 Å². The van der Waals surface area contributed by atoms with Crippen LogP contribution in [-0.2, 0) is 0 Å². The molecule has 0 radical (unpaired) electrons. The van der Waals surface area contributed by atoms with E-state index in [2.05, 4.69) is 20.4 Å². The van der Waals surface area contributed by atoms with Crippen LogP contribution >= 0.6 is 23.2 Å². The van der Waals surface area contributed by atoms with Gasteiger partial charge >= 0.3 is 0 Å². The molecular formula is C18H16Cl2N4. The molecule has 0 saturated carbocycles. The molecule has 4 nitrogen and oxygen atoms in total. The minimum absolute atomic E-state index is 0.528. The van der Waals surface area contributed by atoms with Crippen molar-refractivity contribution in [3.05, 3.63) is 52.5 Å². The third-order valence-corrected chi connectivity index (χ3v) is 4.99. The highest BCUT2D eigenvalue weighted by atomic mass is 35.5. The zero-order valence-electron chi connectivity index (χ0n) is 13.0. The summed E-state index contributed by atoms with van der Waals surface area (Å²) in [5.41, 5.74) is 1.84. The number of piperazine rings is 1. The van der Waals surface area contributed by atoms with Gasteiger partial charge in [-0.3, -0.25) is 0 Å². The monoisotopic (exact) mass is 358 g/mol. The van der Waals surface area contributed by atoms with Crippen molar-refractivity contribution in [1.29, 1.82) is 0 Å². The molecule has 0 unspecified atom stereocenters. The Labute approximate surface area is 150 Å². The first kappa shape index (κ1) is 15.6. The summed E-state index contributed by atoms with van der Waals surface area (Å²) in [7, 11) is 0. The maximum absolute atomic E-state index is 6.29. The van der Waals surface area contributed by atoms with Gasteiger partial charge in [0.1, 0.15) is 5.69 Å². The molecule has 0 bridgehead atoms. The van der Waals surface area contributed by atoms with Gasteiger partial charge in [-0.2, -0.15) is 0 Å². The number of rotatable bonds is 2. The second-order valence-corrected chi connectivity index (χ2v) is 6.60. The van der Waals surface area contributed by atoms with Crippen LogP contribution in [0.4, 0.5) is 5.82 Å². The predicted molar refractivity (Wildman–Crippen MR) is 100 cm³/mol. The van der Waals surface area contributed by atoms with E-state index in [1.807, 2.05) is 42.5 Å². The van der Waals surface area contributed by atoms with Gasteiger partial charge in [0.2, 0.25) is 0 Å². The van der Waals surface area contributed by atoms with Gasteiger partial charge in [-0.25, -0.2) is 0 Å². The number of anilines is 1. The number of aromatic nitrogens is 2. The number of halogens is 2. The van der Waals surface area contributed by atoms with Gasteiger partial charge in [0.25, 0.3) is 0 Å². The van der Waals surface area contributed by atoms with Gasteiger partial charge in [0, 0.05) is 42.5 Å². The SMILES string of the molecule is Clc1cc2c(-c3ccccc3)nnc(N3CCNCC3)c2cc1Cl. The lowest BCUT2D eigenvalue weighted by molar-refractivity contribution is 0.584. The highest BCUT2D eigenvalue weighted by Gasteiger charge is 2.19. The topological polar surface area (TPSA) is 41.1 Å². The van der Waals surface area contributed by atoms with Crippen LogP contribution in [0.5, 0.6) is 0 Å². The first-order chi connectivity index (χ1) is 11.7. The lowest BCUT2D eigenvalue weighted by Gasteiger charge is -2.29. The van der Waals surface area contributed by atoms with Gasteiger partial charge < -0.3 is 10.2 Å². The van der Waals surface area contributed by atoms with E-state index in [4.69, 9.17) is 23.2 Å². The average Bonchev–Trinajstić information content (AvgIpc) is 2.63. The van der Waals surface area contributed by atoms with Crippen LogP contribution in [0.2, 0.25) is 10.0 Å². The van der Waals surface area contributed by atoms with E-state index in [0.717, 1.165) is 54.0 Å². The third-order valence-electron chi connectivity index (χ3n) is 4.26. The van der Waals surface area contributed by atoms with E-state index in [0.29, 0.717) is 10.0 Å². The fraction of sp³-hybridized carbons (Fsp3) is 0.222. The molecule has 122 valence electrons. The molecule has 6 heteroatoms. The summed E-state index contributed by atoms with van der Waals surface area (Å²) in [4.78, 5) is 2.24. The molecule has 24 heavy (non-hydrogen) atoms. The molecule has 0 spiro atoms. The lowest BCUT2D eigenvalue weighted by atomic mass is 10.0. The highest BCUT2D eigenvalue weighted by Crippen LogP contribution is 2.36. The Morgan fingerprint density at radius 1 is 0.875 bits per heavy atom. The molecule has 3 aromatic rings. The molecule has 2 heterocycles. The van der Waals surface area contributed by atoms with Crippen molar-refractivity contribution in [2.24, 2.45) is 0 Å². The van der Waals surface area contributed by atoms with Gasteiger partial charge in [-0.1, -0.05) is 53.5 Å². The van der Waals surface area contributed by atoms with Crippen molar-refractivity contribution in [3.8, 4) is 11.3 Å². The Kier molecular flexibility index (Phi) is 4.27. The maximum atomic E-state index is 6.29. The van der Waals surface area contributed by atoms with Crippen LogP contribution < -0.4 is 10.2 Å². The molecule has 1 aromatic heterocycles. The number of benzene rings is 2. The summed E-state index contributed by atoms with van der Waals surface area (Å²) in [5, 5.41) is 15.4. The first-order valence-electron chi connectivity index (χ1n) is 7.90. The number of hydrogen-bond donors (Lipinski definition) is 1. The quantitative estimate of drug-likeness (QED) is 0.751. The molecule has 4 rings (SSSR count). The van der Waals surface area contributed by atoms with Gasteiger partial charge in [0.05, 0.1) is 10.0 Å². The van der Waals surface area contributed by atoms with Crippen LogP contribution in [-0.4, -0.2) is 36.4 Å². The number of nitrogens with one attached hydrogen (secondary N) is 1. The van der Waals surface area contributed by atoms with E-state index >= 15 is 0 Å². The standard InChI is InChI=1S/C18H16Cl2N4/c19-15-10-13-14(11-16(15)20)18(24-8-6-21-7-9-24)23-22-17(13)12-4-2-1-3-5-12/h1-5,10-11,21H,6-9H2. The normalized spacial score (nSPS) is 15.0. The van der Waals surface area contributed by atoms with Gasteiger partial charge in [-0.05, 0) is 12.1 Å². The van der Waals surface area contributed by atoms with E-state index in [1.54, 1.807) is 0 Å². The van der Waals surface area contributed by atoms with Crippen molar-refractivity contribution >= 4 is 39.8 Å². The Morgan fingerprint density at radius 3 is 2.25 bits per heavy atom. The molecular weight excluding hydrogens is 343 g/mol. The lowest BCUT2D eigenvalue weighted by Crippen LogP contribution is -2.44. The molecule has 0 aliphatic carbocycles. The van der Waals surface area contributed by atoms with Gasteiger partial charge in [-0.15, -0.1) is 10.2 Å². The number of hydrogen-bond acceptors (Lipinski definition) is 4. The molecule has 0 amide bonds. The van der Waals surface area contributed by atoms with Crippen LogP contribution in [0.25, 0.3) is 22.0 Å². The van der Waals surface area contributed by atoms with E-state index in [1.165, 1.54) is 0 Å². The second kappa shape index (κ2) is 6.55. The fourth-order valence-electron chi connectivity index (χ4n) is 3.05. The smallest absolute Gasteiger partial charge is 0.159 e. The van der Waals surface area contributed by atoms with Crippen molar-refractivity contribution in [1.82, 2.24) is 15.5 Å². The van der Waals surface area contributed by atoms with Crippen LogP contribution in [0, 0.1) is 0 Å². The zero-order valence-corrected chi connectivity index (χ0v) is 14.5. The van der Waals surface area contributed by atoms with Gasteiger partial charge in [0.15, 0.2) is 5.82 Å². The minimum atomic E-state index is 0.528. The predicted octanol–water partition coefficient (Wildman–Crippen LogP) is 4.01. The van der Waals surface area contributed by atoms with Crippen molar-refractivity contribution < 1.29 is 0 Å². The number of nitrogens with zero attached hydrogens (tertiary/aromatic N) is 3. The molecule has 1 aliphatic heterocycles. The Morgan fingerprint density at radius 2 is 1.54 bits per heavy atom. The third kappa shape index (κ3) is 2.81. The zero-order chi connectivity index (χ0) is 16.5. The van der Waals surface area contributed by atoms with E-state index < -0.39 is 0 Å². The molecule has 1 fully saturated rings. The summed E-state index contributed by atoms with van der Waals surface area (Å²) < 4.78 is 0. The molecule has 1 saturated heterocycles. The average molecular weight is 359 g/mol. The number of fused-ring (bicyclic) bond motifs is 1. The minimum Gasteiger partial charge on any atom is -0.352 e. The highest BCUT2D eigenvalue weighted by molar-refractivity contribution is 6.43. The summed E-state index contributed by atoms with van der Waals surface area (Å²) in [6, 6.07) is 13.8. The fourth-order valence-corrected chi connectivity index (χ4v) is 3.38. The van der Waals surface area contributed by atoms with Crippen LogP contribution in [0.15, 0.2) is 42.5 Å².